The van der Waals surface area contributed by atoms with Crippen LogP contribution >= 0.6 is 0 Å². The smallest absolute Gasteiger partial charge is 0.396 e. The van der Waals surface area contributed by atoms with Crippen LogP contribution in [-0.2, 0) is 0 Å². The number of halogens is 5. The largest absolute Gasteiger partial charge is 0.453 e. The molecule has 0 unspecified atom stereocenters. The molecule has 0 aliphatic heterocycles. The molecule has 0 amide bonds. The molecule has 0 aromatic rings. The first-order valence-corrected chi connectivity index (χ1v) is 2.17. The molecule has 11 heavy (non-hydrogen) atoms. The van der Waals surface area contributed by atoms with Crippen LogP contribution in [0.25, 0.3) is 0 Å². The zero-order chi connectivity index (χ0) is 14.5. The average molecular weight is 184 g/mol. The first kappa shape index (κ1) is 4.02. The standard InChI is InChI=1S/C5H7F5O/c6-4(7,2-1-3-11)5(8,9)10/h11H,1-3H2/i1D2,2D2,3D2. The average Bonchev–Trinajstić information content (AvgIpc) is 1.98. The van der Waals surface area contributed by atoms with Crippen molar-refractivity contribution >= 4 is 0 Å². The van der Waals surface area contributed by atoms with Gasteiger partial charge in [0.1, 0.15) is 0 Å². The molecule has 0 atom stereocenters. The number of rotatable bonds is 3. The highest BCUT2D eigenvalue weighted by molar-refractivity contribution is 4.74. The van der Waals surface area contributed by atoms with Crippen molar-refractivity contribution in [2.75, 3.05) is 6.56 Å². The molecule has 0 fully saturated rings. The summed E-state index contributed by atoms with van der Waals surface area (Å²) in [7, 11) is 0. The van der Waals surface area contributed by atoms with E-state index in [4.69, 9.17) is 13.3 Å². The lowest BCUT2D eigenvalue weighted by atomic mass is 10.2. The van der Waals surface area contributed by atoms with E-state index in [0.29, 0.717) is 0 Å². The predicted molar refractivity (Wildman–Crippen MR) is 27.3 cm³/mol. The maximum Gasteiger partial charge on any atom is 0.453 e. The van der Waals surface area contributed by atoms with Gasteiger partial charge in [-0.1, -0.05) is 0 Å². The van der Waals surface area contributed by atoms with Crippen LogP contribution in [0.3, 0.4) is 0 Å². The Morgan fingerprint density at radius 2 is 1.64 bits per heavy atom. The summed E-state index contributed by atoms with van der Waals surface area (Å²) in [6, 6.07) is 0. The number of hydrogen-bond acceptors (Lipinski definition) is 1. The van der Waals surface area contributed by atoms with Gasteiger partial charge in [0.15, 0.2) is 0 Å². The molecule has 0 aliphatic rings. The van der Waals surface area contributed by atoms with E-state index in [1.54, 1.807) is 0 Å². The SMILES string of the molecule is [2H]C([2H])(O)C([2H])([2H])C([2H])([2H])C(F)(F)C(F)(F)F. The molecule has 0 saturated heterocycles. The molecule has 0 aromatic heterocycles. The Balaban J connectivity index is 5.73. The van der Waals surface area contributed by atoms with Crippen LogP contribution in [0.1, 0.15) is 21.0 Å². The van der Waals surface area contributed by atoms with Crippen LogP contribution in [0.4, 0.5) is 22.0 Å². The molecule has 0 spiro atoms. The van der Waals surface area contributed by atoms with Gasteiger partial charge in [0.25, 0.3) is 0 Å². The van der Waals surface area contributed by atoms with Gasteiger partial charge in [0, 0.05) is 18.4 Å². The highest BCUT2D eigenvalue weighted by atomic mass is 19.4. The van der Waals surface area contributed by atoms with Crippen LogP contribution in [0.15, 0.2) is 0 Å². The molecule has 1 N–H and O–H groups in total. The Morgan fingerprint density at radius 3 is 1.91 bits per heavy atom. The number of alkyl halides is 5. The summed E-state index contributed by atoms with van der Waals surface area (Å²) in [6.45, 7) is -4.22. The Bertz CT molecular complexity index is 266. The molecule has 0 heterocycles. The maximum atomic E-state index is 12.7. The highest BCUT2D eigenvalue weighted by Gasteiger charge is 2.56. The minimum Gasteiger partial charge on any atom is -0.396 e. The lowest BCUT2D eigenvalue weighted by Crippen LogP contribution is -2.36. The Hall–Kier alpha value is -0.390. The minimum absolute atomic E-state index is 4.22. The van der Waals surface area contributed by atoms with Gasteiger partial charge >= 0.3 is 12.1 Å². The van der Waals surface area contributed by atoms with Gasteiger partial charge in [-0.05, 0) is 6.37 Å². The second-order valence-corrected chi connectivity index (χ2v) is 1.43. The third-order valence-corrected chi connectivity index (χ3v) is 0.631. The summed E-state index contributed by atoms with van der Waals surface area (Å²) in [6.07, 6.45) is -15.9. The van der Waals surface area contributed by atoms with E-state index >= 15 is 0 Å². The molecule has 1 nitrogen and oxygen atoms in total. The van der Waals surface area contributed by atoms with Gasteiger partial charge in [-0.3, -0.25) is 0 Å². The molecular weight excluding hydrogens is 171 g/mol. The predicted octanol–water partition coefficient (Wildman–Crippen LogP) is 1.96. The van der Waals surface area contributed by atoms with Crippen molar-refractivity contribution in [3.05, 3.63) is 0 Å². The quantitative estimate of drug-likeness (QED) is 0.664. The van der Waals surface area contributed by atoms with Crippen molar-refractivity contribution in [2.45, 2.75) is 24.8 Å². The molecule has 0 saturated carbocycles. The summed E-state index contributed by atoms with van der Waals surface area (Å²) in [5.74, 6) is -6.17. The first-order chi connectivity index (χ1) is 7.00. The van der Waals surface area contributed by atoms with Crippen molar-refractivity contribution in [3.63, 3.8) is 0 Å². The summed E-state index contributed by atoms with van der Waals surface area (Å²) in [4.78, 5) is 0. The van der Waals surface area contributed by atoms with Gasteiger partial charge in [0.05, 0.1) is 2.74 Å². The van der Waals surface area contributed by atoms with E-state index in [2.05, 4.69) is 0 Å². The molecule has 68 valence electrons. The topological polar surface area (TPSA) is 20.2 Å². The van der Waals surface area contributed by atoms with Crippen molar-refractivity contribution in [2.24, 2.45) is 0 Å². The first-order valence-electron chi connectivity index (χ1n) is 5.17. The van der Waals surface area contributed by atoms with E-state index < -0.39 is 31.4 Å². The second kappa shape index (κ2) is 3.34. The van der Waals surface area contributed by atoms with Gasteiger partial charge in [-0.25, -0.2) is 0 Å². The van der Waals surface area contributed by atoms with Gasteiger partial charge in [0.2, 0.25) is 0 Å². The molecule has 0 radical (unpaired) electrons. The van der Waals surface area contributed by atoms with Crippen LogP contribution in [-0.4, -0.2) is 23.8 Å². The molecular formula is C5H7F5O. The van der Waals surface area contributed by atoms with E-state index in [-0.39, 0.29) is 0 Å². The summed E-state index contributed by atoms with van der Waals surface area (Å²) < 4.78 is 100.0. The molecule has 0 rings (SSSR count). The van der Waals surface area contributed by atoms with Crippen molar-refractivity contribution < 1.29 is 35.3 Å². The van der Waals surface area contributed by atoms with E-state index in [0.717, 1.165) is 0 Å². The van der Waals surface area contributed by atoms with Crippen LogP contribution in [0.2, 0.25) is 0 Å². The molecule has 0 aliphatic carbocycles. The monoisotopic (exact) mass is 184 g/mol. The van der Waals surface area contributed by atoms with E-state index in [9.17, 15) is 22.0 Å². The maximum absolute atomic E-state index is 12.7. The van der Waals surface area contributed by atoms with Gasteiger partial charge in [-0.15, -0.1) is 0 Å². The van der Waals surface area contributed by atoms with Crippen molar-refractivity contribution in [1.29, 1.82) is 0 Å². The molecule has 6 heteroatoms. The minimum atomic E-state index is -6.42. The van der Waals surface area contributed by atoms with Gasteiger partial charge < -0.3 is 5.11 Å². The summed E-state index contributed by atoms with van der Waals surface area (Å²) in [5, 5.41) is 8.53. The van der Waals surface area contributed by atoms with Gasteiger partial charge in [-0.2, -0.15) is 22.0 Å². The highest BCUT2D eigenvalue weighted by Crippen LogP contribution is 2.38. The van der Waals surface area contributed by atoms with Crippen molar-refractivity contribution in [3.8, 4) is 0 Å². The fourth-order valence-electron chi connectivity index (χ4n) is 0.177. The molecule has 0 bridgehead atoms. The summed E-state index contributed by atoms with van der Waals surface area (Å²) >= 11 is 0. The normalized spacial score (nSPS) is 25.6. The zero-order valence-electron chi connectivity index (χ0n) is 10.8. The lowest BCUT2D eigenvalue weighted by molar-refractivity contribution is -0.284. The third kappa shape index (κ3) is 3.00. The number of aliphatic hydroxyl groups is 1. The lowest BCUT2D eigenvalue weighted by Gasteiger charge is -2.18. The Kier molecular flexibility index (Phi) is 1.22. The summed E-state index contributed by atoms with van der Waals surface area (Å²) in [5.41, 5.74) is 0. The number of hydrogen-bond donors (Lipinski definition) is 1. The Labute approximate surface area is 68.3 Å². The molecule has 0 aromatic carbocycles. The third-order valence-electron chi connectivity index (χ3n) is 0.631. The second-order valence-electron chi connectivity index (χ2n) is 1.43. The zero-order valence-corrected chi connectivity index (χ0v) is 4.84. The van der Waals surface area contributed by atoms with Crippen molar-refractivity contribution in [1.82, 2.24) is 0 Å². The van der Waals surface area contributed by atoms with Crippen LogP contribution in [0, 0.1) is 0 Å². The fourth-order valence-corrected chi connectivity index (χ4v) is 0.177. The van der Waals surface area contributed by atoms with E-state index in [1.165, 1.54) is 0 Å². The van der Waals surface area contributed by atoms with E-state index in [1.807, 2.05) is 0 Å². The Morgan fingerprint density at radius 1 is 1.18 bits per heavy atom. The van der Waals surface area contributed by atoms with Crippen LogP contribution in [0.5, 0.6) is 0 Å². The van der Waals surface area contributed by atoms with Crippen LogP contribution < -0.4 is 0 Å². The fraction of sp³-hybridized carbons (Fsp3) is 1.00.